The van der Waals surface area contributed by atoms with Gasteiger partial charge in [-0.15, -0.1) is 0 Å². The van der Waals surface area contributed by atoms with Crippen LogP contribution in [0.25, 0.3) is 0 Å². The van der Waals surface area contributed by atoms with Crippen molar-refractivity contribution in [3.8, 4) is 0 Å². The summed E-state index contributed by atoms with van der Waals surface area (Å²) in [5.41, 5.74) is 6.78. The summed E-state index contributed by atoms with van der Waals surface area (Å²) in [7, 11) is 0. The Morgan fingerprint density at radius 2 is 1.62 bits per heavy atom. The van der Waals surface area contributed by atoms with E-state index in [0.29, 0.717) is 22.8 Å². The number of hydrogen-bond acceptors (Lipinski definition) is 3. The van der Waals surface area contributed by atoms with Gasteiger partial charge < -0.3 is 16.2 Å². The fraction of sp³-hybridized carbons (Fsp3) is 1.00. The number of aliphatic hydroxyl groups excluding tert-OH is 1. The van der Waals surface area contributed by atoms with Crippen LogP contribution in [0.2, 0.25) is 0 Å². The van der Waals surface area contributed by atoms with Crippen molar-refractivity contribution < 1.29 is 5.11 Å². The molecule has 0 aromatic heterocycles. The van der Waals surface area contributed by atoms with Gasteiger partial charge in [-0.2, -0.15) is 0 Å². The van der Waals surface area contributed by atoms with Gasteiger partial charge in [0.25, 0.3) is 0 Å². The van der Waals surface area contributed by atoms with Gasteiger partial charge in [0.1, 0.15) is 0 Å². The molecule has 0 heterocycles. The van der Waals surface area contributed by atoms with Crippen LogP contribution in [0.3, 0.4) is 0 Å². The zero-order valence-corrected chi connectivity index (χ0v) is 23.3. The summed E-state index contributed by atoms with van der Waals surface area (Å²) in [4.78, 5) is 0. The molecule has 0 aliphatic heterocycles. The van der Waals surface area contributed by atoms with Crippen molar-refractivity contribution in [1.29, 1.82) is 0 Å². The summed E-state index contributed by atoms with van der Waals surface area (Å²) < 4.78 is 0. The Bertz CT molecular complexity index is 651. The van der Waals surface area contributed by atoms with Crippen LogP contribution in [0.5, 0.6) is 0 Å². The maximum atomic E-state index is 10.5. The van der Waals surface area contributed by atoms with Gasteiger partial charge in [0.05, 0.1) is 6.10 Å². The van der Waals surface area contributed by atoms with Crippen molar-refractivity contribution in [3.63, 3.8) is 0 Å². The van der Waals surface area contributed by atoms with Gasteiger partial charge in [0.2, 0.25) is 0 Å². The van der Waals surface area contributed by atoms with Crippen molar-refractivity contribution in [2.24, 2.45) is 58.0 Å². The second-order valence-corrected chi connectivity index (χ2v) is 14.2. The normalized spacial score (nSPS) is 45.0. The highest BCUT2D eigenvalue weighted by Gasteiger charge is 2.62. The molecule has 0 amide bonds. The van der Waals surface area contributed by atoms with E-state index in [1.807, 2.05) is 0 Å². The Kier molecular flexibility index (Phi) is 8.79. The number of nitrogens with one attached hydrogen (secondary N) is 1. The van der Waals surface area contributed by atoms with E-state index in [1.54, 1.807) is 0 Å². The summed E-state index contributed by atoms with van der Waals surface area (Å²) in [5, 5.41) is 14.7. The smallest absolute Gasteiger partial charge is 0.0543 e. The lowest BCUT2D eigenvalue weighted by atomic mass is 9.43. The number of unbranched alkanes of at least 4 members (excludes halogenated alkanes) is 1. The summed E-state index contributed by atoms with van der Waals surface area (Å²) >= 11 is 0. The maximum Gasteiger partial charge on any atom is 0.0543 e. The van der Waals surface area contributed by atoms with E-state index in [0.717, 1.165) is 67.9 Å². The molecular weight excluding hydrogens is 416 g/mol. The largest absolute Gasteiger partial charge is 0.393 e. The number of hydrogen-bond donors (Lipinski definition) is 3. The van der Waals surface area contributed by atoms with Gasteiger partial charge in [0.15, 0.2) is 0 Å². The second kappa shape index (κ2) is 11.1. The first-order chi connectivity index (χ1) is 16.2. The van der Waals surface area contributed by atoms with E-state index in [-0.39, 0.29) is 6.10 Å². The third-order valence-electron chi connectivity index (χ3n) is 11.9. The van der Waals surface area contributed by atoms with Crippen LogP contribution < -0.4 is 11.1 Å². The number of fused-ring (bicyclic) bond motifs is 5. The van der Waals surface area contributed by atoms with Crippen molar-refractivity contribution >= 4 is 0 Å². The van der Waals surface area contributed by atoms with E-state index >= 15 is 0 Å². The molecule has 0 aromatic carbocycles. The fourth-order valence-electron chi connectivity index (χ4n) is 10.0. The van der Waals surface area contributed by atoms with Crippen LogP contribution in [0.1, 0.15) is 118 Å². The lowest BCUT2D eigenvalue weighted by Crippen LogP contribution is -2.61. The van der Waals surface area contributed by atoms with E-state index < -0.39 is 0 Å². The second-order valence-electron chi connectivity index (χ2n) is 14.2. The first kappa shape index (κ1) is 26.9. The first-order valence-electron chi connectivity index (χ1n) is 15.3. The predicted octanol–water partition coefficient (Wildman–Crippen LogP) is 6.78. The third-order valence-corrected chi connectivity index (χ3v) is 11.9. The molecule has 4 rings (SSSR count). The van der Waals surface area contributed by atoms with Crippen LogP contribution in [-0.2, 0) is 0 Å². The average molecular weight is 475 g/mol. The maximum absolute atomic E-state index is 10.5. The number of nitrogens with two attached hydrogens (primary N) is 1. The molecule has 3 nitrogen and oxygen atoms in total. The molecule has 10 atom stereocenters. The fourth-order valence-corrected chi connectivity index (χ4v) is 10.0. The third kappa shape index (κ3) is 5.14. The van der Waals surface area contributed by atoms with Crippen LogP contribution >= 0.6 is 0 Å². The Labute approximate surface area is 211 Å². The highest BCUT2D eigenvalue weighted by Crippen LogP contribution is 2.68. The molecule has 0 aromatic rings. The molecule has 4 fully saturated rings. The molecule has 34 heavy (non-hydrogen) atoms. The van der Waals surface area contributed by atoms with Crippen molar-refractivity contribution in [2.75, 3.05) is 13.1 Å². The molecule has 0 radical (unpaired) electrons. The van der Waals surface area contributed by atoms with E-state index in [2.05, 4.69) is 39.9 Å². The average Bonchev–Trinajstić information content (AvgIpc) is 3.14. The van der Waals surface area contributed by atoms with Gasteiger partial charge in [-0.1, -0.05) is 53.9 Å². The summed E-state index contributed by atoms with van der Waals surface area (Å²) in [6.45, 7) is 14.6. The Balaban J connectivity index is 1.53. The minimum absolute atomic E-state index is 0.0658. The van der Waals surface area contributed by atoms with E-state index in [4.69, 9.17) is 5.73 Å². The summed E-state index contributed by atoms with van der Waals surface area (Å²) in [6.07, 6.45) is 16.9. The minimum Gasteiger partial charge on any atom is -0.393 e. The van der Waals surface area contributed by atoms with Crippen LogP contribution in [0, 0.1) is 52.3 Å². The van der Waals surface area contributed by atoms with Gasteiger partial charge in [-0.25, -0.2) is 0 Å². The SMILES string of the molecule is CC(C)CCC[C@@H](C)[C@H]1CC[C@H]2[C@@H]3[C@@H](NCCCCN)C[C@H]4C[C@@H](O)CC[C@]4(C)[C@H]3CC[C@]12C. The standard InChI is InChI=1S/C31H58N2O/c1-21(2)9-8-10-22(3)25-11-12-26-29-27(14-16-31(25,26)5)30(4)15-13-24(34)19-23(30)20-28(29)33-18-7-6-17-32/h21-29,33-34H,6-20,32H2,1-5H3/t22-,23-,24+,25-,26+,27+,28+,29+,30+,31-/m1/s1. The monoisotopic (exact) mass is 474 g/mol. The number of rotatable bonds is 10. The first-order valence-corrected chi connectivity index (χ1v) is 15.3. The molecule has 0 saturated heterocycles. The van der Waals surface area contributed by atoms with Crippen LogP contribution in [0.4, 0.5) is 0 Å². The lowest BCUT2D eigenvalue weighted by molar-refractivity contribution is -0.142. The van der Waals surface area contributed by atoms with Crippen LogP contribution in [0.15, 0.2) is 0 Å². The topological polar surface area (TPSA) is 58.3 Å². The van der Waals surface area contributed by atoms with Crippen molar-refractivity contribution in [3.05, 3.63) is 0 Å². The summed E-state index contributed by atoms with van der Waals surface area (Å²) in [6, 6.07) is 0.644. The Morgan fingerprint density at radius 1 is 0.882 bits per heavy atom. The van der Waals surface area contributed by atoms with Crippen molar-refractivity contribution in [1.82, 2.24) is 5.32 Å². The van der Waals surface area contributed by atoms with Gasteiger partial charge in [-0.05, 0) is 130 Å². The van der Waals surface area contributed by atoms with E-state index in [9.17, 15) is 5.11 Å². The molecule has 0 unspecified atom stereocenters. The van der Waals surface area contributed by atoms with Gasteiger partial charge in [-0.3, -0.25) is 0 Å². The molecule has 3 heteroatoms. The number of aliphatic hydroxyl groups is 1. The molecule has 4 aliphatic carbocycles. The molecule has 198 valence electrons. The zero-order valence-electron chi connectivity index (χ0n) is 23.3. The quantitative estimate of drug-likeness (QED) is 0.306. The summed E-state index contributed by atoms with van der Waals surface area (Å²) in [5.74, 6) is 5.90. The molecule has 4 N–H and O–H groups in total. The Morgan fingerprint density at radius 3 is 2.35 bits per heavy atom. The highest BCUT2D eigenvalue weighted by atomic mass is 16.3. The molecule has 0 bridgehead atoms. The Hall–Kier alpha value is -0.120. The van der Waals surface area contributed by atoms with Gasteiger partial charge >= 0.3 is 0 Å². The zero-order chi connectivity index (χ0) is 24.5. The predicted molar refractivity (Wildman–Crippen MR) is 145 cm³/mol. The van der Waals surface area contributed by atoms with Crippen LogP contribution in [-0.4, -0.2) is 30.3 Å². The molecule has 4 saturated carbocycles. The molecule has 4 aliphatic rings. The van der Waals surface area contributed by atoms with E-state index in [1.165, 1.54) is 64.2 Å². The van der Waals surface area contributed by atoms with Crippen molar-refractivity contribution in [2.45, 2.75) is 130 Å². The highest BCUT2D eigenvalue weighted by molar-refractivity contribution is 5.13. The lowest BCUT2D eigenvalue weighted by Gasteiger charge is -2.63. The van der Waals surface area contributed by atoms with Gasteiger partial charge in [0, 0.05) is 6.04 Å². The molecular formula is C31H58N2O. The molecule has 0 spiro atoms. The minimum atomic E-state index is -0.0658.